The lowest BCUT2D eigenvalue weighted by Crippen LogP contribution is -2.25. The Morgan fingerprint density at radius 1 is 0.971 bits per heavy atom. The Kier molecular flexibility index (Phi) is 6.34. The van der Waals surface area contributed by atoms with Gasteiger partial charge in [0.2, 0.25) is 0 Å². The first-order valence-corrected chi connectivity index (χ1v) is 11.7. The maximum atomic E-state index is 13.1. The van der Waals surface area contributed by atoms with Gasteiger partial charge in [-0.1, -0.05) is 40.9 Å². The quantitative estimate of drug-likeness (QED) is 0.416. The molecule has 9 heteroatoms. The summed E-state index contributed by atoms with van der Waals surface area (Å²) in [6.07, 6.45) is 0. The summed E-state index contributed by atoms with van der Waals surface area (Å²) in [4.78, 5) is 30.9. The predicted molar refractivity (Wildman–Crippen MR) is 129 cm³/mol. The molecule has 0 aliphatic rings. The molecule has 34 heavy (non-hydrogen) atoms. The molecule has 0 saturated heterocycles. The van der Waals surface area contributed by atoms with Crippen LogP contribution in [0.2, 0.25) is 0 Å². The predicted octanol–water partition coefficient (Wildman–Crippen LogP) is 4.20. The number of nitrogens with one attached hydrogen (secondary N) is 1. The van der Waals surface area contributed by atoms with E-state index in [1.54, 1.807) is 25.1 Å². The molecular formula is C25H22N2O6S. The number of anilines is 1. The van der Waals surface area contributed by atoms with E-state index in [4.69, 9.17) is 9.25 Å². The fourth-order valence-electron chi connectivity index (χ4n) is 3.51. The number of hydroxylamine groups is 1. The maximum Gasteiger partial charge on any atom is 0.264 e. The molecule has 1 amide bonds. The highest BCUT2D eigenvalue weighted by molar-refractivity contribution is 7.89. The second-order valence-electron chi connectivity index (χ2n) is 7.51. The molecular weight excluding hydrogens is 456 g/mol. The molecule has 1 aromatic heterocycles. The Bertz CT molecular complexity index is 1530. The third-order valence-electron chi connectivity index (χ3n) is 5.43. The van der Waals surface area contributed by atoms with E-state index in [9.17, 15) is 18.0 Å². The van der Waals surface area contributed by atoms with E-state index in [0.717, 1.165) is 10.0 Å². The van der Waals surface area contributed by atoms with Crippen LogP contribution in [0.25, 0.3) is 22.3 Å². The van der Waals surface area contributed by atoms with Gasteiger partial charge in [0.1, 0.15) is 5.76 Å². The van der Waals surface area contributed by atoms with E-state index >= 15 is 0 Å². The number of carbonyl (C=O) groups is 1. The van der Waals surface area contributed by atoms with Crippen LogP contribution in [0.3, 0.4) is 0 Å². The van der Waals surface area contributed by atoms with Gasteiger partial charge in [-0.25, -0.2) is 8.42 Å². The summed E-state index contributed by atoms with van der Waals surface area (Å²) >= 11 is 0. The van der Waals surface area contributed by atoms with Crippen molar-refractivity contribution < 1.29 is 22.5 Å². The first kappa shape index (κ1) is 23.4. The van der Waals surface area contributed by atoms with Crippen LogP contribution in [0.15, 0.2) is 86.9 Å². The smallest absolute Gasteiger partial charge is 0.264 e. The molecule has 0 aliphatic carbocycles. The number of benzene rings is 3. The number of hydrogen-bond acceptors (Lipinski definition) is 6. The van der Waals surface area contributed by atoms with Crippen LogP contribution in [0, 0.1) is 6.92 Å². The average molecular weight is 479 g/mol. The van der Waals surface area contributed by atoms with Crippen LogP contribution in [-0.4, -0.2) is 33.0 Å². The van der Waals surface area contributed by atoms with Gasteiger partial charge in [0.15, 0.2) is 11.0 Å². The number of amides is 1. The highest BCUT2D eigenvalue weighted by atomic mass is 32.2. The van der Waals surface area contributed by atoms with Crippen molar-refractivity contribution >= 4 is 32.6 Å². The van der Waals surface area contributed by atoms with E-state index in [1.165, 1.54) is 38.4 Å². The molecule has 4 rings (SSSR count). The summed E-state index contributed by atoms with van der Waals surface area (Å²) in [7, 11) is -1.27. The Hall–Kier alpha value is -3.79. The van der Waals surface area contributed by atoms with E-state index in [0.29, 0.717) is 22.4 Å². The van der Waals surface area contributed by atoms with Gasteiger partial charge in [0, 0.05) is 23.9 Å². The lowest BCUT2D eigenvalue weighted by Gasteiger charge is -2.14. The topological polar surface area (TPSA) is 106 Å². The second kappa shape index (κ2) is 9.22. The van der Waals surface area contributed by atoms with E-state index in [1.807, 2.05) is 30.3 Å². The molecule has 174 valence electrons. The van der Waals surface area contributed by atoms with Gasteiger partial charge in [-0.3, -0.25) is 14.4 Å². The number of nitrogens with zero attached hydrogens (tertiary/aromatic N) is 1. The normalized spacial score (nSPS) is 11.6. The zero-order valence-electron chi connectivity index (χ0n) is 18.7. The Morgan fingerprint density at radius 2 is 1.65 bits per heavy atom. The molecule has 1 N–H and O–H groups in total. The van der Waals surface area contributed by atoms with E-state index in [-0.39, 0.29) is 21.5 Å². The summed E-state index contributed by atoms with van der Waals surface area (Å²) in [5, 5.41) is 3.02. The molecule has 0 aliphatic heterocycles. The van der Waals surface area contributed by atoms with Gasteiger partial charge in [-0.2, -0.15) is 0 Å². The molecule has 0 spiro atoms. The monoisotopic (exact) mass is 478 g/mol. The number of sulfonamides is 1. The molecule has 0 atom stereocenters. The second-order valence-corrected chi connectivity index (χ2v) is 9.45. The fraction of sp³-hybridized carbons (Fsp3) is 0.120. The van der Waals surface area contributed by atoms with Crippen molar-refractivity contribution in [3.8, 4) is 11.3 Å². The van der Waals surface area contributed by atoms with E-state index < -0.39 is 15.9 Å². The molecule has 4 aromatic rings. The summed E-state index contributed by atoms with van der Waals surface area (Å²) in [6, 6.07) is 19.7. The zero-order chi connectivity index (χ0) is 24.5. The summed E-state index contributed by atoms with van der Waals surface area (Å²) in [6.45, 7) is 1.69. The van der Waals surface area contributed by atoms with Gasteiger partial charge in [-0.05, 0) is 43.3 Å². The summed E-state index contributed by atoms with van der Waals surface area (Å²) in [5.41, 5.74) is 1.70. The van der Waals surface area contributed by atoms with Crippen LogP contribution in [0.5, 0.6) is 0 Å². The number of rotatable bonds is 6. The van der Waals surface area contributed by atoms with Gasteiger partial charge < -0.3 is 9.73 Å². The minimum atomic E-state index is -3.81. The van der Waals surface area contributed by atoms with E-state index in [2.05, 4.69) is 5.32 Å². The Morgan fingerprint density at radius 3 is 2.29 bits per heavy atom. The van der Waals surface area contributed by atoms with Crippen molar-refractivity contribution in [1.82, 2.24) is 4.47 Å². The van der Waals surface area contributed by atoms with Crippen molar-refractivity contribution in [3.05, 3.63) is 94.1 Å². The SMILES string of the molecule is CON(C)S(=O)(=O)c1ccc(NC(=O)c2cccc3c(=O)c(C)c(-c4ccccc4)oc23)cc1. The minimum absolute atomic E-state index is 0.00832. The first-order valence-electron chi connectivity index (χ1n) is 10.3. The number of carbonyl (C=O) groups excluding carboxylic acids is 1. The summed E-state index contributed by atoms with van der Waals surface area (Å²) in [5.74, 6) is -0.101. The lowest BCUT2D eigenvalue weighted by atomic mass is 10.0. The fourth-order valence-corrected chi connectivity index (χ4v) is 4.48. The number of hydrogen-bond donors (Lipinski definition) is 1. The lowest BCUT2D eigenvalue weighted by molar-refractivity contribution is -0.0258. The molecule has 1 heterocycles. The molecule has 3 aromatic carbocycles. The zero-order valence-corrected chi connectivity index (χ0v) is 19.5. The molecule has 0 saturated carbocycles. The average Bonchev–Trinajstić information content (AvgIpc) is 2.86. The molecule has 0 radical (unpaired) electrons. The Labute approximate surface area is 196 Å². The van der Waals surface area contributed by atoms with Crippen LogP contribution in [-0.2, 0) is 14.9 Å². The third kappa shape index (κ3) is 4.24. The van der Waals surface area contributed by atoms with Crippen LogP contribution in [0.4, 0.5) is 5.69 Å². The van der Waals surface area contributed by atoms with Crippen molar-refractivity contribution in [2.45, 2.75) is 11.8 Å². The van der Waals surface area contributed by atoms with Crippen molar-refractivity contribution in [2.75, 3.05) is 19.5 Å². The number of para-hydroxylation sites is 1. The molecule has 0 fully saturated rings. The molecule has 8 nitrogen and oxygen atoms in total. The van der Waals surface area contributed by atoms with Crippen molar-refractivity contribution in [2.24, 2.45) is 0 Å². The van der Waals surface area contributed by atoms with Crippen molar-refractivity contribution in [1.29, 1.82) is 0 Å². The summed E-state index contributed by atoms with van der Waals surface area (Å²) < 4.78 is 31.5. The maximum absolute atomic E-state index is 13.1. The van der Waals surface area contributed by atoms with Crippen LogP contribution in [0.1, 0.15) is 15.9 Å². The molecule has 0 bridgehead atoms. The standard InChI is InChI=1S/C25H22N2O6S/c1-16-22(28)20-10-7-11-21(24(20)33-23(16)17-8-5-4-6-9-17)25(29)26-18-12-14-19(15-13-18)34(30,31)27(2)32-3/h4-15H,1-3H3,(H,26,29). The first-order chi connectivity index (χ1) is 16.2. The van der Waals surface area contributed by atoms with Gasteiger partial charge in [0.25, 0.3) is 15.9 Å². The minimum Gasteiger partial charge on any atom is -0.455 e. The number of fused-ring (bicyclic) bond motifs is 1. The molecule has 0 unspecified atom stereocenters. The highest BCUT2D eigenvalue weighted by Gasteiger charge is 2.21. The van der Waals surface area contributed by atoms with Crippen molar-refractivity contribution in [3.63, 3.8) is 0 Å². The van der Waals surface area contributed by atoms with Gasteiger partial charge in [0.05, 0.1) is 23.0 Å². The van der Waals surface area contributed by atoms with Gasteiger partial charge >= 0.3 is 0 Å². The van der Waals surface area contributed by atoms with Gasteiger partial charge in [-0.15, -0.1) is 0 Å². The van der Waals surface area contributed by atoms with Crippen LogP contribution >= 0.6 is 0 Å². The van der Waals surface area contributed by atoms with Crippen LogP contribution < -0.4 is 10.7 Å². The third-order valence-corrected chi connectivity index (χ3v) is 7.13. The largest absolute Gasteiger partial charge is 0.455 e. The Balaban J connectivity index is 1.71. The highest BCUT2D eigenvalue weighted by Crippen LogP contribution is 2.28.